The monoisotopic (exact) mass is 356 g/mol. The molecule has 0 spiro atoms. The van der Waals surface area contributed by atoms with Crippen LogP contribution in [0.4, 0.5) is 4.39 Å². The molecule has 1 aliphatic rings. The summed E-state index contributed by atoms with van der Waals surface area (Å²) in [6.07, 6.45) is -0.653. The van der Waals surface area contributed by atoms with Gasteiger partial charge in [-0.3, -0.25) is 0 Å². The summed E-state index contributed by atoms with van der Waals surface area (Å²) in [4.78, 5) is 0. The van der Waals surface area contributed by atoms with E-state index < -0.39 is 6.10 Å². The average molecular weight is 358 g/mol. The zero-order chi connectivity index (χ0) is 14.3. The van der Waals surface area contributed by atoms with Crippen molar-refractivity contribution in [3.05, 3.63) is 62.8 Å². The molecule has 1 unspecified atom stereocenters. The molecule has 2 atom stereocenters. The minimum Gasteiger partial charge on any atom is -0.485 e. The molecule has 1 aliphatic heterocycles. The Morgan fingerprint density at radius 3 is 2.80 bits per heavy atom. The van der Waals surface area contributed by atoms with E-state index in [-0.39, 0.29) is 11.9 Å². The lowest BCUT2D eigenvalue weighted by Crippen LogP contribution is -2.19. The lowest BCUT2D eigenvalue weighted by atomic mass is 9.95. The third-order valence-corrected chi connectivity index (χ3v) is 4.30. The minimum absolute atomic E-state index is 0.368. The molecule has 2 nitrogen and oxygen atoms in total. The van der Waals surface area contributed by atoms with Gasteiger partial charge < -0.3 is 9.84 Å². The van der Waals surface area contributed by atoms with Gasteiger partial charge in [-0.05, 0) is 30.3 Å². The Bertz CT molecular complexity index is 662. The molecule has 0 amide bonds. The number of rotatable bonds is 1. The molecule has 0 saturated heterocycles. The summed E-state index contributed by atoms with van der Waals surface area (Å²) >= 11 is 9.44. The molecule has 0 fully saturated rings. The highest BCUT2D eigenvalue weighted by Crippen LogP contribution is 2.43. The number of fused-ring (bicyclic) bond motifs is 1. The van der Waals surface area contributed by atoms with E-state index in [4.69, 9.17) is 16.3 Å². The van der Waals surface area contributed by atoms with Gasteiger partial charge in [0.2, 0.25) is 0 Å². The van der Waals surface area contributed by atoms with Gasteiger partial charge >= 0.3 is 0 Å². The van der Waals surface area contributed by atoms with Crippen LogP contribution in [-0.2, 0) is 0 Å². The minimum atomic E-state index is -0.685. The van der Waals surface area contributed by atoms with Gasteiger partial charge in [0.05, 0.1) is 6.10 Å². The SMILES string of the molecule is O[C@H]1CC(c2cc(Cl)ccc2Br)Oc2cc(F)ccc21. The summed E-state index contributed by atoms with van der Waals surface area (Å²) in [6, 6.07) is 9.55. The Kier molecular flexibility index (Phi) is 3.71. The maximum Gasteiger partial charge on any atom is 0.128 e. The van der Waals surface area contributed by atoms with Crippen LogP contribution in [0.2, 0.25) is 5.02 Å². The van der Waals surface area contributed by atoms with E-state index in [1.807, 2.05) is 6.07 Å². The lowest BCUT2D eigenvalue weighted by Gasteiger charge is -2.30. The highest BCUT2D eigenvalue weighted by molar-refractivity contribution is 9.10. The van der Waals surface area contributed by atoms with Gasteiger partial charge in [-0.1, -0.05) is 27.5 Å². The molecule has 2 aromatic carbocycles. The number of halogens is 3. The lowest BCUT2D eigenvalue weighted by molar-refractivity contribution is 0.0650. The fourth-order valence-corrected chi connectivity index (χ4v) is 3.05. The van der Waals surface area contributed by atoms with Crippen molar-refractivity contribution in [2.24, 2.45) is 0 Å². The third-order valence-electron chi connectivity index (χ3n) is 3.35. The first kappa shape index (κ1) is 13.9. The van der Waals surface area contributed by atoms with Crippen LogP contribution >= 0.6 is 27.5 Å². The molecule has 1 heterocycles. The highest BCUT2D eigenvalue weighted by atomic mass is 79.9. The van der Waals surface area contributed by atoms with Gasteiger partial charge in [-0.15, -0.1) is 0 Å². The predicted octanol–water partition coefficient (Wildman–Crippen LogP) is 4.80. The second kappa shape index (κ2) is 5.35. The summed E-state index contributed by atoms with van der Waals surface area (Å²) in [5, 5.41) is 10.8. The fraction of sp³-hybridized carbons (Fsp3) is 0.200. The zero-order valence-electron chi connectivity index (χ0n) is 10.3. The Morgan fingerprint density at radius 2 is 2.00 bits per heavy atom. The van der Waals surface area contributed by atoms with Crippen LogP contribution in [0.3, 0.4) is 0 Å². The maximum absolute atomic E-state index is 13.3. The van der Waals surface area contributed by atoms with Crippen molar-refractivity contribution in [3.8, 4) is 5.75 Å². The van der Waals surface area contributed by atoms with E-state index in [0.29, 0.717) is 22.8 Å². The van der Waals surface area contributed by atoms with E-state index >= 15 is 0 Å². The van der Waals surface area contributed by atoms with Crippen molar-refractivity contribution in [3.63, 3.8) is 0 Å². The predicted molar refractivity (Wildman–Crippen MR) is 78.5 cm³/mol. The molecule has 0 bridgehead atoms. The number of aliphatic hydroxyl groups is 1. The number of benzene rings is 2. The average Bonchev–Trinajstić information content (AvgIpc) is 2.41. The van der Waals surface area contributed by atoms with Crippen LogP contribution in [0.25, 0.3) is 0 Å². The Labute approximate surface area is 129 Å². The van der Waals surface area contributed by atoms with Crippen molar-refractivity contribution in [2.75, 3.05) is 0 Å². The van der Waals surface area contributed by atoms with Gasteiger partial charge in [0.25, 0.3) is 0 Å². The number of ether oxygens (including phenoxy) is 1. The van der Waals surface area contributed by atoms with Crippen LogP contribution in [-0.4, -0.2) is 5.11 Å². The smallest absolute Gasteiger partial charge is 0.128 e. The van der Waals surface area contributed by atoms with E-state index in [9.17, 15) is 9.50 Å². The van der Waals surface area contributed by atoms with E-state index in [1.54, 1.807) is 18.2 Å². The molecule has 0 saturated carbocycles. The quantitative estimate of drug-likeness (QED) is 0.794. The summed E-state index contributed by atoms with van der Waals surface area (Å²) in [5.41, 5.74) is 1.45. The number of hydrogen-bond donors (Lipinski definition) is 1. The highest BCUT2D eigenvalue weighted by Gasteiger charge is 2.29. The Balaban J connectivity index is 2.00. The maximum atomic E-state index is 13.3. The van der Waals surface area contributed by atoms with Gasteiger partial charge in [0, 0.05) is 33.1 Å². The molecule has 0 aliphatic carbocycles. The van der Waals surface area contributed by atoms with Crippen LogP contribution in [0.1, 0.15) is 29.8 Å². The van der Waals surface area contributed by atoms with Crippen LogP contribution in [0.5, 0.6) is 5.75 Å². The third kappa shape index (κ3) is 2.55. The molecule has 20 heavy (non-hydrogen) atoms. The first-order valence-corrected chi connectivity index (χ1v) is 7.31. The topological polar surface area (TPSA) is 29.5 Å². The summed E-state index contributed by atoms with van der Waals surface area (Å²) in [5.74, 6) is -0.0117. The van der Waals surface area contributed by atoms with Gasteiger partial charge in [0.1, 0.15) is 17.7 Å². The number of hydrogen-bond acceptors (Lipinski definition) is 2. The molecule has 1 N–H and O–H groups in total. The van der Waals surface area contributed by atoms with E-state index in [1.165, 1.54) is 12.1 Å². The summed E-state index contributed by atoms with van der Waals surface area (Å²) < 4.78 is 20.0. The summed E-state index contributed by atoms with van der Waals surface area (Å²) in [6.45, 7) is 0. The second-order valence-electron chi connectivity index (χ2n) is 4.71. The molecule has 104 valence electrons. The molecule has 5 heteroatoms. The molecular weight excluding hydrogens is 347 g/mol. The Morgan fingerprint density at radius 1 is 1.20 bits per heavy atom. The summed E-state index contributed by atoms with van der Waals surface area (Å²) in [7, 11) is 0. The van der Waals surface area contributed by atoms with Crippen LogP contribution in [0, 0.1) is 5.82 Å². The van der Waals surface area contributed by atoms with Gasteiger partial charge in [0.15, 0.2) is 0 Å². The molecule has 2 aromatic rings. The van der Waals surface area contributed by atoms with Crippen LogP contribution < -0.4 is 4.74 Å². The molecule has 0 aromatic heterocycles. The largest absolute Gasteiger partial charge is 0.485 e. The van der Waals surface area contributed by atoms with Crippen molar-refractivity contribution in [2.45, 2.75) is 18.6 Å². The number of aliphatic hydroxyl groups excluding tert-OH is 1. The normalized spacial score (nSPS) is 21.2. The Hall–Kier alpha value is -1.10. The van der Waals surface area contributed by atoms with Crippen molar-refractivity contribution < 1.29 is 14.2 Å². The van der Waals surface area contributed by atoms with Crippen molar-refractivity contribution >= 4 is 27.5 Å². The van der Waals surface area contributed by atoms with Crippen molar-refractivity contribution in [1.82, 2.24) is 0 Å². The molecular formula is C15H11BrClFO2. The molecule has 3 rings (SSSR count). The fourth-order valence-electron chi connectivity index (χ4n) is 2.37. The zero-order valence-corrected chi connectivity index (χ0v) is 12.7. The van der Waals surface area contributed by atoms with Gasteiger partial charge in [-0.25, -0.2) is 4.39 Å². The first-order chi connectivity index (χ1) is 9.54. The van der Waals surface area contributed by atoms with Crippen LogP contribution in [0.15, 0.2) is 40.9 Å². The first-order valence-electron chi connectivity index (χ1n) is 6.13. The van der Waals surface area contributed by atoms with E-state index in [0.717, 1.165) is 10.0 Å². The van der Waals surface area contributed by atoms with Gasteiger partial charge in [-0.2, -0.15) is 0 Å². The molecule has 0 radical (unpaired) electrons. The van der Waals surface area contributed by atoms with E-state index in [2.05, 4.69) is 15.9 Å². The van der Waals surface area contributed by atoms with Crippen molar-refractivity contribution in [1.29, 1.82) is 0 Å². The standard InChI is InChI=1S/C15H11BrClFO2/c16-12-4-1-8(17)5-11(12)15-7-13(19)10-3-2-9(18)6-14(10)20-15/h1-6,13,15,19H,7H2/t13-,15?/m0/s1. The second-order valence-corrected chi connectivity index (χ2v) is 6.00.